The Morgan fingerprint density at radius 3 is 2.60 bits per heavy atom. The summed E-state index contributed by atoms with van der Waals surface area (Å²) in [7, 11) is 1.68. The minimum atomic E-state index is -0.916. The fourth-order valence-corrected chi connectivity index (χ4v) is 1.63. The smallest absolute Gasteiger partial charge is 0.305 e. The van der Waals surface area contributed by atoms with Crippen LogP contribution in [0.15, 0.2) is 18.2 Å². The topological polar surface area (TPSA) is 92.9 Å². The van der Waals surface area contributed by atoms with Crippen molar-refractivity contribution in [1.29, 1.82) is 0 Å². The minimum absolute atomic E-state index is 0.0421. The van der Waals surface area contributed by atoms with Crippen molar-refractivity contribution in [2.75, 3.05) is 18.5 Å². The minimum Gasteiger partial charge on any atom is -0.491 e. The van der Waals surface area contributed by atoms with Gasteiger partial charge in [0.1, 0.15) is 5.75 Å². The van der Waals surface area contributed by atoms with E-state index in [1.54, 1.807) is 18.0 Å². The summed E-state index contributed by atoms with van der Waals surface area (Å²) in [5.74, 6) is -0.521. The van der Waals surface area contributed by atoms with E-state index in [1.165, 1.54) is 12.1 Å². The van der Waals surface area contributed by atoms with Crippen molar-refractivity contribution in [2.45, 2.75) is 26.4 Å². The lowest BCUT2D eigenvalue weighted by atomic mass is 10.2. The number of hydrogen-bond donors (Lipinski definition) is 1. The summed E-state index contributed by atoms with van der Waals surface area (Å²) in [6.45, 7) is 3.91. The summed E-state index contributed by atoms with van der Waals surface area (Å²) >= 11 is 0. The van der Waals surface area contributed by atoms with Gasteiger partial charge in [-0.25, -0.2) is 0 Å². The first-order valence-electron chi connectivity index (χ1n) is 6.18. The number of benzene rings is 1. The van der Waals surface area contributed by atoms with E-state index < -0.39 is 10.9 Å². The molecule has 110 valence electrons. The number of nitro groups is 1. The fourth-order valence-electron chi connectivity index (χ4n) is 1.63. The molecule has 1 N–H and O–H groups in total. The molecule has 0 aliphatic carbocycles. The second kappa shape index (κ2) is 6.74. The lowest BCUT2D eigenvalue weighted by Crippen LogP contribution is -2.21. The number of nitro benzene ring substituents is 1. The SMILES string of the molecule is CC(C)Oc1cc(N(C)CCC(=O)O)cc([N+](=O)[O-])c1. The number of carboxylic acids is 1. The first-order chi connectivity index (χ1) is 9.29. The summed E-state index contributed by atoms with van der Waals surface area (Å²) in [4.78, 5) is 22.6. The molecule has 0 aliphatic heterocycles. The van der Waals surface area contributed by atoms with Crippen LogP contribution in [0.4, 0.5) is 11.4 Å². The number of carboxylic acid groups (broad SMARTS) is 1. The van der Waals surface area contributed by atoms with Gasteiger partial charge in [-0.1, -0.05) is 0 Å². The van der Waals surface area contributed by atoms with Gasteiger partial charge in [0.15, 0.2) is 0 Å². The fraction of sp³-hybridized carbons (Fsp3) is 0.462. The summed E-state index contributed by atoms with van der Waals surface area (Å²) in [5, 5.41) is 19.6. The molecule has 1 aromatic rings. The molecule has 0 bridgehead atoms. The van der Waals surface area contributed by atoms with E-state index in [9.17, 15) is 14.9 Å². The molecule has 20 heavy (non-hydrogen) atoms. The lowest BCUT2D eigenvalue weighted by Gasteiger charge is -2.19. The molecule has 0 radical (unpaired) electrons. The Balaban J connectivity index is 3.01. The van der Waals surface area contributed by atoms with Crippen molar-refractivity contribution in [1.82, 2.24) is 0 Å². The lowest BCUT2D eigenvalue weighted by molar-refractivity contribution is -0.384. The largest absolute Gasteiger partial charge is 0.491 e. The zero-order chi connectivity index (χ0) is 15.3. The third kappa shape index (κ3) is 4.75. The van der Waals surface area contributed by atoms with Gasteiger partial charge >= 0.3 is 5.97 Å². The molecule has 0 aliphatic rings. The second-order valence-electron chi connectivity index (χ2n) is 4.67. The maximum atomic E-state index is 10.9. The van der Waals surface area contributed by atoms with E-state index in [4.69, 9.17) is 9.84 Å². The molecule has 7 heteroatoms. The van der Waals surface area contributed by atoms with Crippen LogP contribution in [-0.4, -0.2) is 35.7 Å². The molecule has 0 saturated heterocycles. The predicted octanol–water partition coefficient (Wildman–Crippen LogP) is 2.29. The van der Waals surface area contributed by atoms with E-state index >= 15 is 0 Å². The van der Waals surface area contributed by atoms with Crippen LogP contribution >= 0.6 is 0 Å². The van der Waals surface area contributed by atoms with E-state index in [0.717, 1.165) is 0 Å². The van der Waals surface area contributed by atoms with Crippen molar-refractivity contribution in [3.05, 3.63) is 28.3 Å². The Morgan fingerprint density at radius 1 is 1.45 bits per heavy atom. The predicted molar refractivity (Wildman–Crippen MR) is 74.4 cm³/mol. The van der Waals surface area contributed by atoms with Gasteiger partial charge in [-0.3, -0.25) is 14.9 Å². The Hall–Kier alpha value is -2.31. The van der Waals surface area contributed by atoms with Crippen molar-refractivity contribution >= 4 is 17.3 Å². The Bertz CT molecular complexity index is 502. The number of hydrogen-bond acceptors (Lipinski definition) is 5. The van der Waals surface area contributed by atoms with Crippen LogP contribution in [0.25, 0.3) is 0 Å². The van der Waals surface area contributed by atoms with Crippen LogP contribution < -0.4 is 9.64 Å². The molecular formula is C13H18N2O5. The Morgan fingerprint density at radius 2 is 2.10 bits per heavy atom. The van der Waals surface area contributed by atoms with Gasteiger partial charge in [0.25, 0.3) is 5.69 Å². The number of non-ortho nitro benzene ring substituents is 1. The summed E-state index contributed by atoms with van der Waals surface area (Å²) in [5.41, 5.74) is 0.469. The number of ether oxygens (including phenoxy) is 1. The molecule has 1 rings (SSSR count). The van der Waals surface area contributed by atoms with Crippen LogP contribution in [0, 0.1) is 10.1 Å². The number of aliphatic carboxylic acids is 1. The molecule has 7 nitrogen and oxygen atoms in total. The highest BCUT2D eigenvalue weighted by atomic mass is 16.6. The summed E-state index contributed by atoms with van der Waals surface area (Å²) < 4.78 is 5.47. The molecular weight excluding hydrogens is 264 g/mol. The normalized spacial score (nSPS) is 10.4. The van der Waals surface area contributed by atoms with E-state index in [1.807, 2.05) is 13.8 Å². The third-order valence-electron chi connectivity index (χ3n) is 2.56. The maximum Gasteiger partial charge on any atom is 0.305 e. The van der Waals surface area contributed by atoms with Crippen LogP contribution in [-0.2, 0) is 4.79 Å². The first-order valence-corrected chi connectivity index (χ1v) is 6.18. The third-order valence-corrected chi connectivity index (χ3v) is 2.56. The molecule has 1 aromatic carbocycles. The standard InChI is InChI=1S/C13H18N2O5/c1-9(2)20-12-7-10(6-11(8-12)15(18)19)14(3)5-4-13(16)17/h6-9H,4-5H2,1-3H3,(H,16,17). The Labute approximate surface area is 116 Å². The molecule has 0 amide bonds. The zero-order valence-corrected chi connectivity index (χ0v) is 11.7. The van der Waals surface area contributed by atoms with Gasteiger partial charge in [0.2, 0.25) is 0 Å². The number of anilines is 1. The monoisotopic (exact) mass is 282 g/mol. The molecule has 0 spiro atoms. The van der Waals surface area contributed by atoms with E-state index in [-0.39, 0.29) is 24.8 Å². The molecule has 0 aromatic heterocycles. The molecule has 0 atom stereocenters. The van der Waals surface area contributed by atoms with Crippen molar-refractivity contribution in [3.8, 4) is 5.75 Å². The van der Waals surface area contributed by atoms with E-state index in [2.05, 4.69) is 0 Å². The number of nitrogens with zero attached hydrogens (tertiary/aromatic N) is 2. The van der Waals surface area contributed by atoms with Gasteiger partial charge in [-0.05, 0) is 13.8 Å². The maximum absolute atomic E-state index is 10.9. The average Bonchev–Trinajstić information content (AvgIpc) is 2.34. The quantitative estimate of drug-likeness (QED) is 0.609. The zero-order valence-electron chi connectivity index (χ0n) is 11.7. The van der Waals surface area contributed by atoms with E-state index in [0.29, 0.717) is 11.4 Å². The van der Waals surface area contributed by atoms with Gasteiger partial charge in [0.05, 0.1) is 23.5 Å². The highest BCUT2D eigenvalue weighted by molar-refractivity contribution is 5.68. The van der Waals surface area contributed by atoms with Crippen molar-refractivity contribution in [3.63, 3.8) is 0 Å². The highest BCUT2D eigenvalue weighted by Gasteiger charge is 2.14. The summed E-state index contributed by atoms with van der Waals surface area (Å²) in [6, 6.07) is 4.42. The van der Waals surface area contributed by atoms with Crippen LogP contribution in [0.2, 0.25) is 0 Å². The Kier molecular flexibility index (Phi) is 5.31. The van der Waals surface area contributed by atoms with Crippen molar-refractivity contribution < 1.29 is 19.6 Å². The average molecular weight is 282 g/mol. The first kappa shape index (κ1) is 15.7. The molecule has 0 heterocycles. The number of rotatable bonds is 7. The molecule has 0 saturated carbocycles. The number of carbonyl (C=O) groups is 1. The van der Waals surface area contributed by atoms with Gasteiger partial charge < -0.3 is 14.7 Å². The van der Waals surface area contributed by atoms with Crippen LogP contribution in [0.5, 0.6) is 5.75 Å². The van der Waals surface area contributed by atoms with Crippen LogP contribution in [0.1, 0.15) is 20.3 Å². The van der Waals surface area contributed by atoms with Crippen LogP contribution in [0.3, 0.4) is 0 Å². The van der Waals surface area contributed by atoms with Gasteiger partial charge in [-0.15, -0.1) is 0 Å². The van der Waals surface area contributed by atoms with Crippen molar-refractivity contribution in [2.24, 2.45) is 0 Å². The molecule has 0 fully saturated rings. The summed E-state index contributed by atoms with van der Waals surface area (Å²) in [6.07, 6.45) is -0.145. The van der Waals surface area contributed by atoms with Gasteiger partial charge in [-0.2, -0.15) is 0 Å². The second-order valence-corrected chi connectivity index (χ2v) is 4.67. The highest BCUT2D eigenvalue weighted by Crippen LogP contribution is 2.28. The van der Waals surface area contributed by atoms with Gasteiger partial charge in [0, 0.05) is 31.4 Å². The molecule has 0 unspecified atom stereocenters.